The molecule has 1 aliphatic heterocycles. The fourth-order valence-corrected chi connectivity index (χ4v) is 3.39. The zero-order chi connectivity index (χ0) is 19.9. The molecule has 0 aliphatic carbocycles. The van der Waals surface area contributed by atoms with Gasteiger partial charge in [-0.15, -0.1) is 0 Å². The Kier molecular flexibility index (Phi) is 6.87. The number of hydrogen-bond acceptors (Lipinski definition) is 3. The lowest BCUT2D eigenvalue weighted by Crippen LogP contribution is -2.42. The average molecular weight is 405 g/mol. The van der Waals surface area contributed by atoms with Gasteiger partial charge in [-0.3, -0.25) is 4.79 Å². The van der Waals surface area contributed by atoms with Crippen LogP contribution in [0, 0.1) is 11.7 Å². The zero-order valence-electron chi connectivity index (χ0n) is 15.4. The predicted molar refractivity (Wildman–Crippen MR) is 105 cm³/mol. The molecule has 2 aromatic rings. The van der Waals surface area contributed by atoms with E-state index >= 15 is 0 Å². The number of amides is 2. The number of carbonyl (C=O) groups excluding carboxylic acids is 2. The highest BCUT2D eigenvalue weighted by molar-refractivity contribution is 6.31. The van der Waals surface area contributed by atoms with Crippen LogP contribution in [0.3, 0.4) is 0 Å². The Hall–Kier alpha value is -2.60. The van der Waals surface area contributed by atoms with Crippen LogP contribution < -0.4 is 10.1 Å². The third-order valence-electron chi connectivity index (χ3n) is 4.81. The standard InChI is InChI=1S/C21H22ClFN2O3/c22-18-7-4-8-19(23)17(18)13-20(26)24-14-15-9-11-25(12-10-15)21(27)28-16-5-2-1-3-6-16/h1-8,15H,9-14H2,(H,24,26). The first-order valence-electron chi connectivity index (χ1n) is 9.24. The number of piperidine rings is 1. The number of carbonyl (C=O) groups is 2. The Labute approximate surface area is 168 Å². The van der Waals surface area contributed by atoms with Gasteiger partial charge in [-0.25, -0.2) is 9.18 Å². The summed E-state index contributed by atoms with van der Waals surface area (Å²) in [5, 5.41) is 3.09. The number of likely N-dealkylation sites (tertiary alicyclic amines) is 1. The van der Waals surface area contributed by atoms with E-state index in [0.717, 1.165) is 12.8 Å². The first-order chi connectivity index (χ1) is 13.5. The molecule has 5 nitrogen and oxygen atoms in total. The Balaban J connectivity index is 1.41. The maximum Gasteiger partial charge on any atom is 0.415 e. The summed E-state index contributed by atoms with van der Waals surface area (Å²) in [6, 6.07) is 13.3. The molecule has 1 fully saturated rings. The fourth-order valence-electron chi connectivity index (χ4n) is 3.16. The van der Waals surface area contributed by atoms with Crippen LogP contribution in [0.1, 0.15) is 18.4 Å². The van der Waals surface area contributed by atoms with E-state index in [9.17, 15) is 14.0 Å². The first kappa shape index (κ1) is 20.1. The van der Waals surface area contributed by atoms with Crippen molar-refractivity contribution in [1.82, 2.24) is 10.2 Å². The van der Waals surface area contributed by atoms with Crippen molar-refractivity contribution in [1.29, 1.82) is 0 Å². The smallest absolute Gasteiger partial charge is 0.410 e. The van der Waals surface area contributed by atoms with E-state index in [2.05, 4.69) is 5.32 Å². The zero-order valence-corrected chi connectivity index (χ0v) is 16.1. The van der Waals surface area contributed by atoms with Crippen LogP contribution in [-0.4, -0.2) is 36.5 Å². The largest absolute Gasteiger partial charge is 0.415 e. The summed E-state index contributed by atoms with van der Waals surface area (Å²) in [6.45, 7) is 1.64. The van der Waals surface area contributed by atoms with E-state index in [1.165, 1.54) is 12.1 Å². The molecule has 0 atom stereocenters. The van der Waals surface area contributed by atoms with Gasteiger partial charge in [-0.05, 0) is 43.0 Å². The van der Waals surface area contributed by atoms with Gasteiger partial charge in [0.2, 0.25) is 5.91 Å². The van der Waals surface area contributed by atoms with E-state index in [1.807, 2.05) is 18.2 Å². The monoisotopic (exact) mass is 404 g/mol. The van der Waals surface area contributed by atoms with E-state index < -0.39 is 5.82 Å². The van der Waals surface area contributed by atoms with Gasteiger partial charge in [0.05, 0.1) is 6.42 Å². The van der Waals surface area contributed by atoms with Gasteiger partial charge in [-0.1, -0.05) is 35.9 Å². The lowest BCUT2D eigenvalue weighted by atomic mass is 9.97. The number of rotatable bonds is 5. The lowest BCUT2D eigenvalue weighted by molar-refractivity contribution is -0.120. The third-order valence-corrected chi connectivity index (χ3v) is 5.16. The molecule has 0 spiro atoms. The van der Waals surface area contributed by atoms with Crippen molar-refractivity contribution in [3.63, 3.8) is 0 Å². The number of benzene rings is 2. The second kappa shape index (κ2) is 9.55. The second-order valence-electron chi connectivity index (χ2n) is 6.79. The van der Waals surface area contributed by atoms with Crippen LogP contribution in [0.2, 0.25) is 5.02 Å². The summed E-state index contributed by atoms with van der Waals surface area (Å²) in [7, 11) is 0. The molecule has 0 bridgehead atoms. The van der Waals surface area contributed by atoms with Crippen LogP contribution in [-0.2, 0) is 11.2 Å². The molecule has 1 N–H and O–H groups in total. The van der Waals surface area contributed by atoms with Gasteiger partial charge in [0.15, 0.2) is 0 Å². The molecule has 0 radical (unpaired) electrons. The highest BCUT2D eigenvalue weighted by atomic mass is 35.5. The number of para-hydroxylation sites is 1. The van der Waals surface area contributed by atoms with E-state index in [4.69, 9.17) is 16.3 Å². The maximum atomic E-state index is 13.8. The third kappa shape index (κ3) is 5.45. The molecule has 0 aromatic heterocycles. The minimum Gasteiger partial charge on any atom is -0.410 e. The molecule has 2 amide bonds. The number of ether oxygens (including phenoxy) is 1. The van der Waals surface area contributed by atoms with Crippen LogP contribution in [0.5, 0.6) is 5.75 Å². The molecule has 28 heavy (non-hydrogen) atoms. The number of halogens is 2. The quantitative estimate of drug-likeness (QED) is 0.817. The van der Waals surface area contributed by atoms with Gasteiger partial charge in [0, 0.05) is 30.2 Å². The molecule has 0 unspecified atom stereocenters. The van der Waals surface area contributed by atoms with Gasteiger partial charge in [0.1, 0.15) is 11.6 Å². The lowest BCUT2D eigenvalue weighted by Gasteiger charge is -2.31. The minimum absolute atomic E-state index is 0.0895. The van der Waals surface area contributed by atoms with Gasteiger partial charge >= 0.3 is 6.09 Å². The number of nitrogens with zero attached hydrogens (tertiary/aromatic N) is 1. The molecule has 1 saturated heterocycles. The van der Waals surface area contributed by atoms with Crippen molar-refractivity contribution >= 4 is 23.6 Å². The summed E-state index contributed by atoms with van der Waals surface area (Å²) in [5.41, 5.74) is 0.208. The fraction of sp³-hybridized carbons (Fsp3) is 0.333. The van der Waals surface area contributed by atoms with Crippen LogP contribution in [0.25, 0.3) is 0 Å². The minimum atomic E-state index is -0.479. The second-order valence-corrected chi connectivity index (χ2v) is 7.20. The molecule has 148 valence electrons. The first-order valence-corrected chi connectivity index (χ1v) is 9.62. The number of nitrogens with one attached hydrogen (secondary N) is 1. The molecule has 2 aromatic carbocycles. The number of hydrogen-bond donors (Lipinski definition) is 1. The van der Waals surface area contributed by atoms with Crippen molar-refractivity contribution in [3.05, 3.63) is 64.9 Å². The molecule has 1 aliphatic rings. The summed E-state index contributed by atoms with van der Waals surface area (Å²) >= 11 is 5.96. The Morgan fingerprint density at radius 2 is 1.82 bits per heavy atom. The molecule has 1 heterocycles. The maximum absolute atomic E-state index is 13.8. The van der Waals surface area contributed by atoms with E-state index in [-0.39, 0.29) is 34.9 Å². The van der Waals surface area contributed by atoms with Crippen molar-refractivity contribution in [2.75, 3.05) is 19.6 Å². The van der Waals surface area contributed by atoms with Crippen molar-refractivity contribution in [3.8, 4) is 5.75 Å². The molecule has 0 saturated carbocycles. The predicted octanol–water partition coefficient (Wildman–Crippen LogP) is 4.05. The SMILES string of the molecule is O=C(Cc1c(F)cccc1Cl)NCC1CCN(C(=O)Oc2ccccc2)CC1. The average Bonchev–Trinajstić information content (AvgIpc) is 2.70. The van der Waals surface area contributed by atoms with Gasteiger partial charge in [-0.2, -0.15) is 0 Å². The molecule has 7 heteroatoms. The Morgan fingerprint density at radius 3 is 2.50 bits per heavy atom. The van der Waals surface area contributed by atoms with Crippen molar-refractivity contribution in [2.45, 2.75) is 19.3 Å². The van der Waals surface area contributed by atoms with Gasteiger partial charge in [0.25, 0.3) is 0 Å². The summed E-state index contributed by atoms with van der Waals surface area (Å²) < 4.78 is 19.1. The van der Waals surface area contributed by atoms with E-state index in [1.54, 1.807) is 23.1 Å². The summed E-state index contributed by atoms with van der Waals surface area (Å²) in [4.78, 5) is 26.0. The van der Waals surface area contributed by atoms with Crippen LogP contribution in [0.4, 0.5) is 9.18 Å². The highest BCUT2D eigenvalue weighted by Gasteiger charge is 2.24. The highest BCUT2D eigenvalue weighted by Crippen LogP contribution is 2.20. The molecular formula is C21H22ClFN2O3. The Bertz CT molecular complexity index is 803. The van der Waals surface area contributed by atoms with Gasteiger partial charge < -0.3 is 15.0 Å². The topological polar surface area (TPSA) is 58.6 Å². The van der Waals surface area contributed by atoms with Crippen molar-refractivity contribution < 1.29 is 18.7 Å². The normalized spacial score (nSPS) is 14.6. The van der Waals surface area contributed by atoms with E-state index in [0.29, 0.717) is 25.4 Å². The summed E-state index contributed by atoms with van der Waals surface area (Å²) in [6.07, 6.45) is 1.09. The van der Waals surface area contributed by atoms with Crippen LogP contribution >= 0.6 is 11.6 Å². The molecule has 3 rings (SSSR count). The van der Waals surface area contributed by atoms with Crippen LogP contribution in [0.15, 0.2) is 48.5 Å². The molecular weight excluding hydrogens is 383 g/mol. The Morgan fingerprint density at radius 1 is 1.11 bits per heavy atom. The summed E-state index contributed by atoms with van der Waals surface area (Å²) in [5.74, 6) is 0.0420. The van der Waals surface area contributed by atoms with Crippen molar-refractivity contribution in [2.24, 2.45) is 5.92 Å².